The average Bonchev–Trinajstić information content (AvgIpc) is 3.07. The molecule has 0 radical (unpaired) electrons. The van der Waals surface area contributed by atoms with Crippen LogP contribution in [0.25, 0.3) is 0 Å². The number of hydrogen-bond acceptors (Lipinski definition) is 6. The number of carbonyl (C=O) groups excluding carboxylic acids is 1. The van der Waals surface area contributed by atoms with Gasteiger partial charge in [0.2, 0.25) is 5.89 Å². The van der Waals surface area contributed by atoms with Gasteiger partial charge in [-0.2, -0.15) is 4.98 Å². The van der Waals surface area contributed by atoms with Gasteiger partial charge in [0.15, 0.2) is 0 Å². The molecule has 20 heavy (non-hydrogen) atoms. The normalized spacial score (nSPS) is 18.7. The number of nitrogens with zero attached hydrogens (tertiary/aromatic N) is 3. The van der Waals surface area contributed by atoms with Gasteiger partial charge in [0.25, 0.3) is 18.2 Å². The van der Waals surface area contributed by atoms with Gasteiger partial charge in [-0.1, -0.05) is 5.16 Å². The summed E-state index contributed by atoms with van der Waals surface area (Å²) in [6, 6.07) is -0.0922. The first-order valence-corrected chi connectivity index (χ1v) is 6.37. The van der Waals surface area contributed by atoms with E-state index in [1.807, 2.05) is 0 Å². The lowest BCUT2D eigenvalue weighted by Gasteiger charge is -2.19. The molecule has 2 heterocycles. The minimum absolute atomic E-state index is 0.0922. The molecule has 0 spiro atoms. The Labute approximate surface area is 113 Å². The van der Waals surface area contributed by atoms with Crippen LogP contribution in [0.4, 0.5) is 8.78 Å². The maximum atomic E-state index is 12.4. The van der Waals surface area contributed by atoms with Crippen molar-refractivity contribution in [3.8, 4) is 0 Å². The highest BCUT2D eigenvalue weighted by atomic mass is 19.3. The van der Waals surface area contributed by atoms with Crippen molar-refractivity contribution in [1.82, 2.24) is 20.4 Å². The van der Waals surface area contributed by atoms with Crippen LogP contribution in [0.1, 0.15) is 35.4 Å². The number of hydrogen-bond donors (Lipinski definition) is 2. The summed E-state index contributed by atoms with van der Waals surface area (Å²) in [6.45, 7) is -0.550. The standard InChI is InChI=1S/C11H16F2N4O3/c12-8(13)6-17(4-5-18)11(19)9-15-10(20-16-9)7-2-1-3-14-7/h7-8,14,18H,1-6H2. The summed E-state index contributed by atoms with van der Waals surface area (Å²) in [4.78, 5) is 16.7. The van der Waals surface area contributed by atoms with Gasteiger partial charge in [0.1, 0.15) is 0 Å². The molecular formula is C11H16F2N4O3. The highest BCUT2D eigenvalue weighted by Crippen LogP contribution is 2.21. The largest absolute Gasteiger partial charge is 0.395 e. The van der Waals surface area contributed by atoms with Gasteiger partial charge in [-0.15, -0.1) is 0 Å². The Kier molecular flexibility index (Phi) is 4.96. The summed E-state index contributed by atoms with van der Waals surface area (Å²) >= 11 is 0. The third-order valence-corrected chi connectivity index (χ3v) is 3.01. The Morgan fingerprint density at radius 2 is 2.40 bits per heavy atom. The molecule has 2 N–H and O–H groups in total. The SMILES string of the molecule is O=C(c1noc(C2CCCN2)n1)N(CCO)CC(F)F. The maximum absolute atomic E-state index is 12.4. The van der Waals surface area contributed by atoms with E-state index in [0.717, 1.165) is 24.3 Å². The van der Waals surface area contributed by atoms with Gasteiger partial charge in [-0.05, 0) is 19.4 Å². The van der Waals surface area contributed by atoms with E-state index in [9.17, 15) is 13.6 Å². The lowest BCUT2D eigenvalue weighted by molar-refractivity contribution is 0.0496. The van der Waals surface area contributed by atoms with Crippen molar-refractivity contribution >= 4 is 5.91 Å². The molecule has 9 heteroatoms. The Bertz CT molecular complexity index is 449. The van der Waals surface area contributed by atoms with Crippen LogP contribution < -0.4 is 5.32 Å². The molecule has 0 aromatic carbocycles. The van der Waals surface area contributed by atoms with E-state index >= 15 is 0 Å². The second-order valence-electron chi connectivity index (χ2n) is 4.47. The summed E-state index contributed by atoms with van der Waals surface area (Å²) in [6.07, 6.45) is -0.890. The van der Waals surface area contributed by atoms with E-state index in [0.29, 0.717) is 0 Å². The fourth-order valence-corrected chi connectivity index (χ4v) is 2.06. The number of aliphatic hydroxyl groups is 1. The molecule has 1 aromatic rings. The lowest BCUT2D eigenvalue weighted by Crippen LogP contribution is -2.37. The Balaban J connectivity index is 2.06. The monoisotopic (exact) mass is 290 g/mol. The number of amides is 1. The van der Waals surface area contributed by atoms with Crippen LogP contribution in [0.5, 0.6) is 0 Å². The molecule has 0 saturated carbocycles. The van der Waals surface area contributed by atoms with E-state index in [4.69, 9.17) is 9.63 Å². The fraction of sp³-hybridized carbons (Fsp3) is 0.727. The van der Waals surface area contributed by atoms with Crippen molar-refractivity contribution in [2.45, 2.75) is 25.3 Å². The third-order valence-electron chi connectivity index (χ3n) is 3.01. The van der Waals surface area contributed by atoms with E-state index in [1.165, 1.54) is 0 Å². The molecule has 1 aromatic heterocycles. The van der Waals surface area contributed by atoms with E-state index in [1.54, 1.807) is 0 Å². The van der Waals surface area contributed by atoms with Gasteiger partial charge in [-0.25, -0.2) is 8.78 Å². The average molecular weight is 290 g/mol. The third kappa shape index (κ3) is 3.48. The highest BCUT2D eigenvalue weighted by molar-refractivity contribution is 5.90. The van der Waals surface area contributed by atoms with E-state index < -0.39 is 25.5 Å². The minimum Gasteiger partial charge on any atom is -0.395 e. The number of rotatable bonds is 6. The molecule has 0 aliphatic carbocycles. The maximum Gasteiger partial charge on any atom is 0.295 e. The number of halogens is 2. The molecule has 112 valence electrons. The number of carbonyl (C=O) groups is 1. The molecule has 1 atom stereocenters. The van der Waals surface area contributed by atoms with Gasteiger partial charge in [-0.3, -0.25) is 4.79 Å². The lowest BCUT2D eigenvalue weighted by atomic mass is 10.2. The topological polar surface area (TPSA) is 91.5 Å². The van der Waals surface area contributed by atoms with E-state index in [2.05, 4.69) is 15.5 Å². The van der Waals surface area contributed by atoms with Crippen molar-refractivity contribution in [1.29, 1.82) is 0 Å². The first-order valence-electron chi connectivity index (χ1n) is 6.37. The quantitative estimate of drug-likeness (QED) is 0.777. The van der Waals surface area contributed by atoms with Crippen LogP contribution in [-0.2, 0) is 0 Å². The predicted molar refractivity (Wildman–Crippen MR) is 63.3 cm³/mol. The van der Waals surface area contributed by atoms with Crippen LogP contribution in [0, 0.1) is 0 Å². The van der Waals surface area contributed by atoms with Crippen LogP contribution in [-0.4, -0.2) is 58.7 Å². The van der Waals surface area contributed by atoms with Crippen LogP contribution in [0.2, 0.25) is 0 Å². The summed E-state index contributed by atoms with van der Waals surface area (Å²) < 4.78 is 29.8. The summed E-state index contributed by atoms with van der Waals surface area (Å²) in [5.74, 6) is -0.748. The van der Waals surface area contributed by atoms with Gasteiger partial charge in [0, 0.05) is 6.54 Å². The molecule has 1 aliphatic rings. The highest BCUT2D eigenvalue weighted by Gasteiger charge is 2.27. The van der Waals surface area contributed by atoms with E-state index in [-0.39, 0.29) is 24.3 Å². The smallest absolute Gasteiger partial charge is 0.295 e. The molecule has 1 amide bonds. The molecule has 0 bridgehead atoms. The van der Waals surface area contributed by atoms with Gasteiger partial charge < -0.3 is 19.8 Å². The molecule has 1 saturated heterocycles. The number of nitrogens with one attached hydrogen (secondary N) is 1. The van der Waals surface area contributed by atoms with Crippen LogP contribution in [0.15, 0.2) is 4.52 Å². The van der Waals surface area contributed by atoms with Gasteiger partial charge in [0.05, 0.1) is 19.2 Å². The van der Waals surface area contributed by atoms with Crippen molar-refractivity contribution in [2.75, 3.05) is 26.2 Å². The molecule has 1 fully saturated rings. The van der Waals surface area contributed by atoms with Gasteiger partial charge >= 0.3 is 0 Å². The zero-order valence-corrected chi connectivity index (χ0v) is 10.8. The number of aliphatic hydroxyl groups excluding tert-OH is 1. The van der Waals surface area contributed by atoms with Crippen molar-refractivity contribution in [3.05, 3.63) is 11.7 Å². The predicted octanol–water partition coefficient (Wildman–Crippen LogP) is 0.194. The Morgan fingerprint density at radius 3 is 3.00 bits per heavy atom. The van der Waals surface area contributed by atoms with Crippen LogP contribution in [0.3, 0.4) is 0 Å². The number of aromatic nitrogens is 2. The molecule has 1 aliphatic heterocycles. The first kappa shape index (κ1) is 14.8. The summed E-state index contributed by atoms with van der Waals surface area (Å²) in [5, 5.41) is 15.5. The Morgan fingerprint density at radius 1 is 1.60 bits per heavy atom. The van der Waals surface area contributed by atoms with Crippen molar-refractivity contribution in [3.63, 3.8) is 0 Å². The second-order valence-corrected chi connectivity index (χ2v) is 4.47. The van der Waals surface area contributed by atoms with Crippen molar-refractivity contribution in [2.24, 2.45) is 0 Å². The fourth-order valence-electron chi connectivity index (χ4n) is 2.06. The molecule has 7 nitrogen and oxygen atoms in total. The number of alkyl halides is 2. The summed E-state index contributed by atoms with van der Waals surface area (Å²) in [5.41, 5.74) is 0. The molecule has 1 unspecified atom stereocenters. The summed E-state index contributed by atoms with van der Waals surface area (Å²) in [7, 11) is 0. The Hall–Kier alpha value is -1.61. The zero-order valence-electron chi connectivity index (χ0n) is 10.8. The zero-order chi connectivity index (χ0) is 14.5. The molecular weight excluding hydrogens is 274 g/mol. The first-order chi connectivity index (χ1) is 9.61. The second kappa shape index (κ2) is 6.71. The van der Waals surface area contributed by atoms with Crippen LogP contribution >= 0.6 is 0 Å². The minimum atomic E-state index is -2.69. The molecule has 2 rings (SSSR count). The van der Waals surface area contributed by atoms with Crippen molar-refractivity contribution < 1.29 is 23.2 Å².